The Morgan fingerprint density at radius 3 is 2.88 bits per heavy atom. The van der Waals surface area contributed by atoms with Gasteiger partial charge in [0.25, 0.3) is 0 Å². The fourth-order valence-corrected chi connectivity index (χ4v) is 2.33. The van der Waals surface area contributed by atoms with Gasteiger partial charge in [-0.2, -0.15) is 0 Å². The van der Waals surface area contributed by atoms with Crippen molar-refractivity contribution in [2.24, 2.45) is 5.92 Å². The average Bonchev–Trinajstić information content (AvgIpc) is 2.37. The molecule has 0 aliphatic heterocycles. The van der Waals surface area contributed by atoms with Crippen LogP contribution in [-0.4, -0.2) is 13.6 Å². The maximum Gasteiger partial charge on any atom is 0.0173 e. The fourth-order valence-electron chi connectivity index (χ4n) is 2.33. The van der Waals surface area contributed by atoms with Crippen LogP contribution in [0.2, 0.25) is 0 Å². The number of allylic oxidation sites excluding steroid dienone is 6. The molecule has 0 amide bonds. The van der Waals surface area contributed by atoms with Crippen molar-refractivity contribution in [2.75, 3.05) is 13.6 Å². The minimum atomic E-state index is 0.529. The van der Waals surface area contributed by atoms with Crippen molar-refractivity contribution in [1.82, 2.24) is 5.32 Å². The van der Waals surface area contributed by atoms with Crippen LogP contribution in [0.1, 0.15) is 33.1 Å². The van der Waals surface area contributed by atoms with Gasteiger partial charge in [0.15, 0.2) is 0 Å². The highest BCUT2D eigenvalue weighted by Gasteiger charge is 2.16. The van der Waals surface area contributed by atoms with Gasteiger partial charge in [0.05, 0.1) is 0 Å². The van der Waals surface area contributed by atoms with Gasteiger partial charge in [-0.15, -0.1) is 0 Å². The van der Waals surface area contributed by atoms with Gasteiger partial charge in [-0.1, -0.05) is 49.0 Å². The lowest BCUT2D eigenvalue weighted by molar-refractivity contribution is 0.624. The third-order valence-corrected chi connectivity index (χ3v) is 3.10. The first-order valence-corrected chi connectivity index (χ1v) is 6.66. The molecule has 0 radical (unpaired) electrons. The van der Waals surface area contributed by atoms with E-state index in [1.165, 1.54) is 18.4 Å². The highest BCUT2D eigenvalue weighted by Crippen LogP contribution is 2.27. The van der Waals surface area contributed by atoms with Crippen molar-refractivity contribution in [3.8, 4) is 0 Å². The zero-order valence-electron chi connectivity index (χ0n) is 11.4. The summed E-state index contributed by atoms with van der Waals surface area (Å²) in [5, 5.41) is 3.32. The van der Waals surface area contributed by atoms with Gasteiger partial charge < -0.3 is 5.32 Å². The maximum absolute atomic E-state index is 3.32. The highest BCUT2D eigenvalue weighted by molar-refractivity contribution is 5.33. The summed E-state index contributed by atoms with van der Waals surface area (Å²) in [7, 11) is 2.03. The molecule has 1 N–H and O–H groups in total. The first kappa shape index (κ1) is 14.0. The first-order chi connectivity index (χ1) is 8.33. The quantitative estimate of drug-likeness (QED) is 0.681. The Balaban J connectivity index is 2.92. The molecule has 1 nitrogen and oxygen atoms in total. The third-order valence-electron chi connectivity index (χ3n) is 3.10. The van der Waals surface area contributed by atoms with Crippen molar-refractivity contribution < 1.29 is 0 Å². The van der Waals surface area contributed by atoms with Crippen LogP contribution < -0.4 is 5.32 Å². The smallest absolute Gasteiger partial charge is 0.0173 e. The molecule has 0 aromatic rings. The van der Waals surface area contributed by atoms with Gasteiger partial charge in [0, 0.05) is 12.5 Å². The molecular weight excluding hydrogens is 206 g/mol. The van der Waals surface area contributed by atoms with Crippen LogP contribution in [-0.2, 0) is 0 Å². The van der Waals surface area contributed by atoms with Gasteiger partial charge >= 0.3 is 0 Å². The van der Waals surface area contributed by atoms with E-state index in [2.05, 4.69) is 55.6 Å². The Bertz CT molecular complexity index is 331. The second kappa shape index (κ2) is 8.08. The normalized spacial score (nSPS) is 18.5. The Labute approximate surface area is 106 Å². The zero-order chi connectivity index (χ0) is 12.5. The maximum atomic E-state index is 3.32. The number of rotatable bonds is 6. The minimum Gasteiger partial charge on any atom is -0.319 e. The second-order valence-corrected chi connectivity index (χ2v) is 4.43. The Hall–Kier alpha value is -1.08. The van der Waals surface area contributed by atoms with E-state index in [1.54, 1.807) is 5.57 Å². The minimum absolute atomic E-state index is 0.529. The van der Waals surface area contributed by atoms with Gasteiger partial charge in [0.1, 0.15) is 0 Å². The predicted molar refractivity (Wildman–Crippen MR) is 77.1 cm³/mol. The van der Waals surface area contributed by atoms with E-state index in [-0.39, 0.29) is 0 Å². The topological polar surface area (TPSA) is 12.0 Å². The van der Waals surface area contributed by atoms with Crippen LogP contribution in [0.4, 0.5) is 0 Å². The van der Waals surface area contributed by atoms with E-state index < -0.39 is 0 Å². The summed E-state index contributed by atoms with van der Waals surface area (Å²) in [4.78, 5) is 0. The van der Waals surface area contributed by atoms with E-state index in [4.69, 9.17) is 0 Å². The van der Waals surface area contributed by atoms with Crippen molar-refractivity contribution >= 4 is 0 Å². The molecule has 1 aliphatic carbocycles. The van der Waals surface area contributed by atoms with Crippen LogP contribution >= 0.6 is 0 Å². The molecule has 1 aliphatic rings. The number of nitrogens with one attached hydrogen (secondary N) is 1. The SMILES string of the molecule is C/C=C\C(=C/CC)C(CNC)C1=CC=CCC1. The monoisotopic (exact) mass is 231 g/mol. The summed E-state index contributed by atoms with van der Waals surface area (Å²) in [5.41, 5.74) is 3.01. The molecule has 1 atom stereocenters. The largest absolute Gasteiger partial charge is 0.319 e. The van der Waals surface area contributed by atoms with Crippen LogP contribution in [0.25, 0.3) is 0 Å². The van der Waals surface area contributed by atoms with Crippen LogP contribution in [0.5, 0.6) is 0 Å². The van der Waals surface area contributed by atoms with E-state index >= 15 is 0 Å². The highest BCUT2D eigenvalue weighted by atomic mass is 14.8. The van der Waals surface area contributed by atoms with Crippen LogP contribution in [0.15, 0.2) is 47.6 Å². The van der Waals surface area contributed by atoms with Gasteiger partial charge in [0.2, 0.25) is 0 Å². The summed E-state index contributed by atoms with van der Waals surface area (Å²) in [5.74, 6) is 0.529. The predicted octanol–water partition coefficient (Wildman–Crippen LogP) is 4.01. The zero-order valence-corrected chi connectivity index (χ0v) is 11.4. The van der Waals surface area contributed by atoms with Crippen molar-refractivity contribution in [3.63, 3.8) is 0 Å². The third kappa shape index (κ3) is 4.35. The lowest BCUT2D eigenvalue weighted by atomic mass is 9.85. The molecule has 17 heavy (non-hydrogen) atoms. The average molecular weight is 231 g/mol. The molecule has 1 heteroatoms. The number of hydrogen-bond donors (Lipinski definition) is 1. The molecule has 1 unspecified atom stereocenters. The van der Waals surface area contributed by atoms with Crippen LogP contribution in [0, 0.1) is 5.92 Å². The van der Waals surface area contributed by atoms with E-state index in [1.807, 2.05) is 7.05 Å². The first-order valence-electron chi connectivity index (χ1n) is 6.66. The lowest BCUT2D eigenvalue weighted by Gasteiger charge is -2.23. The standard InChI is InChI=1S/C16H25N/c1-4-9-14(10-5-2)16(13-17-3)15-11-7-6-8-12-15/h4,6-7,9-11,16-17H,5,8,12-13H2,1-3H3/b9-4-,14-10+. The molecular formula is C16H25N. The van der Waals surface area contributed by atoms with E-state index in [0.29, 0.717) is 5.92 Å². The Kier molecular flexibility index (Phi) is 6.64. The molecule has 94 valence electrons. The van der Waals surface area contributed by atoms with Crippen molar-refractivity contribution in [1.29, 1.82) is 0 Å². The van der Waals surface area contributed by atoms with Gasteiger partial charge in [-0.05, 0) is 38.8 Å². The molecule has 0 saturated heterocycles. The van der Waals surface area contributed by atoms with Gasteiger partial charge in [-0.25, -0.2) is 0 Å². The molecule has 0 saturated carbocycles. The van der Waals surface area contributed by atoms with E-state index in [0.717, 1.165) is 13.0 Å². The Morgan fingerprint density at radius 2 is 2.35 bits per heavy atom. The van der Waals surface area contributed by atoms with Crippen LogP contribution in [0.3, 0.4) is 0 Å². The Morgan fingerprint density at radius 1 is 1.53 bits per heavy atom. The van der Waals surface area contributed by atoms with Gasteiger partial charge in [-0.3, -0.25) is 0 Å². The molecule has 0 heterocycles. The lowest BCUT2D eigenvalue weighted by Crippen LogP contribution is -2.22. The van der Waals surface area contributed by atoms with E-state index in [9.17, 15) is 0 Å². The molecule has 0 spiro atoms. The summed E-state index contributed by atoms with van der Waals surface area (Å²) in [6, 6.07) is 0. The number of hydrogen-bond acceptors (Lipinski definition) is 1. The molecule has 1 rings (SSSR count). The molecule has 0 fully saturated rings. The summed E-state index contributed by atoms with van der Waals surface area (Å²) in [6.07, 6.45) is 17.0. The molecule has 0 bridgehead atoms. The summed E-state index contributed by atoms with van der Waals surface area (Å²) < 4.78 is 0. The van der Waals surface area contributed by atoms with Crippen molar-refractivity contribution in [3.05, 3.63) is 47.6 Å². The fraction of sp³-hybridized carbons (Fsp3) is 0.500. The second-order valence-electron chi connectivity index (χ2n) is 4.43. The summed E-state index contributed by atoms with van der Waals surface area (Å²) in [6.45, 7) is 5.32. The molecule has 0 aromatic carbocycles. The summed E-state index contributed by atoms with van der Waals surface area (Å²) >= 11 is 0. The van der Waals surface area contributed by atoms with Crippen molar-refractivity contribution in [2.45, 2.75) is 33.1 Å². The molecule has 0 aromatic heterocycles.